The molecule has 0 saturated heterocycles. The molecule has 3 aromatic rings. The molecule has 0 bridgehead atoms. The van der Waals surface area contributed by atoms with Crippen molar-refractivity contribution in [3.8, 4) is 5.75 Å². The molecule has 0 aliphatic rings. The van der Waals surface area contributed by atoms with Crippen LogP contribution in [0.25, 0.3) is 0 Å². The van der Waals surface area contributed by atoms with Gasteiger partial charge >= 0.3 is 5.97 Å². The van der Waals surface area contributed by atoms with Gasteiger partial charge in [-0.2, -0.15) is 0 Å². The van der Waals surface area contributed by atoms with Crippen molar-refractivity contribution in [2.45, 2.75) is 31.2 Å². The molecule has 0 aliphatic carbocycles. The third-order valence-electron chi connectivity index (χ3n) is 5.03. The topological polar surface area (TPSA) is 111 Å². The molecule has 0 aliphatic heterocycles. The highest BCUT2D eigenvalue weighted by atomic mass is 32.2. The van der Waals surface area contributed by atoms with E-state index >= 15 is 0 Å². The Kier molecular flexibility index (Phi) is 8.99. The maximum atomic E-state index is 12.7. The van der Waals surface area contributed by atoms with Gasteiger partial charge in [-0.1, -0.05) is 42.5 Å². The zero-order valence-corrected chi connectivity index (χ0v) is 20.4. The Hall–Kier alpha value is -3.69. The van der Waals surface area contributed by atoms with Crippen LogP contribution in [-0.4, -0.2) is 33.5 Å². The van der Waals surface area contributed by atoms with Crippen LogP contribution in [0.1, 0.15) is 31.0 Å². The summed E-state index contributed by atoms with van der Waals surface area (Å²) in [7, 11) is -3.72. The number of nitrogens with one attached hydrogen (secondary N) is 2. The Morgan fingerprint density at radius 2 is 1.57 bits per heavy atom. The van der Waals surface area contributed by atoms with Gasteiger partial charge in [-0.3, -0.25) is 9.59 Å². The number of carbonyl (C=O) groups is 2. The van der Waals surface area contributed by atoms with E-state index in [2.05, 4.69) is 10.0 Å². The summed E-state index contributed by atoms with van der Waals surface area (Å²) < 4.78 is 38.4. The van der Waals surface area contributed by atoms with E-state index < -0.39 is 10.0 Å². The number of anilines is 1. The molecule has 0 radical (unpaired) electrons. The zero-order chi connectivity index (χ0) is 25.3. The van der Waals surface area contributed by atoms with Crippen molar-refractivity contribution in [3.05, 3.63) is 90.0 Å². The van der Waals surface area contributed by atoms with Crippen LogP contribution in [0.15, 0.2) is 83.8 Å². The Labute approximate surface area is 205 Å². The van der Waals surface area contributed by atoms with Gasteiger partial charge in [-0.05, 0) is 61.4 Å². The summed E-state index contributed by atoms with van der Waals surface area (Å²) in [5, 5.41) is 2.70. The smallest absolute Gasteiger partial charge is 0.310 e. The monoisotopic (exact) mass is 496 g/mol. The molecule has 3 rings (SSSR count). The SMILES string of the molecule is CCOC(=O)Cc1ccc(NC(=O)COc2ccc(S(=O)(=O)N[C@H](C)c3ccccc3)cc2)cc1. The third kappa shape index (κ3) is 7.94. The van der Waals surface area contributed by atoms with Crippen LogP contribution < -0.4 is 14.8 Å². The number of carbonyl (C=O) groups excluding carboxylic acids is 2. The van der Waals surface area contributed by atoms with E-state index in [-0.39, 0.29) is 35.8 Å². The lowest BCUT2D eigenvalue weighted by Gasteiger charge is -2.15. The van der Waals surface area contributed by atoms with Crippen molar-refractivity contribution in [1.29, 1.82) is 0 Å². The largest absolute Gasteiger partial charge is 0.484 e. The van der Waals surface area contributed by atoms with Gasteiger partial charge in [0.05, 0.1) is 17.9 Å². The van der Waals surface area contributed by atoms with Gasteiger partial charge in [0.1, 0.15) is 5.75 Å². The van der Waals surface area contributed by atoms with E-state index in [1.54, 1.807) is 38.1 Å². The molecule has 1 atom stereocenters. The Bertz CT molecular complexity index is 1230. The standard InChI is InChI=1S/C26H28N2O6S/c1-3-33-26(30)17-20-9-11-22(12-10-20)27-25(29)18-34-23-13-15-24(16-14-23)35(31,32)28-19(2)21-7-5-4-6-8-21/h4-16,19,28H,3,17-18H2,1-2H3,(H,27,29)/t19-/m1/s1. The number of esters is 1. The lowest BCUT2D eigenvalue weighted by atomic mass is 10.1. The molecular formula is C26H28N2O6S. The Morgan fingerprint density at radius 3 is 2.20 bits per heavy atom. The first kappa shape index (κ1) is 25.9. The minimum absolute atomic E-state index is 0.0972. The van der Waals surface area contributed by atoms with Gasteiger partial charge in [0.2, 0.25) is 10.0 Å². The van der Waals surface area contributed by atoms with E-state index in [0.717, 1.165) is 11.1 Å². The number of hydrogen-bond acceptors (Lipinski definition) is 6. The Balaban J connectivity index is 1.50. The van der Waals surface area contributed by atoms with E-state index in [1.165, 1.54) is 24.3 Å². The fourth-order valence-corrected chi connectivity index (χ4v) is 4.49. The summed E-state index contributed by atoms with van der Waals surface area (Å²) in [6, 6.07) is 21.6. The molecule has 0 aromatic heterocycles. The first-order valence-electron chi connectivity index (χ1n) is 11.1. The van der Waals surface area contributed by atoms with E-state index in [0.29, 0.717) is 18.0 Å². The van der Waals surface area contributed by atoms with Crippen molar-refractivity contribution in [2.24, 2.45) is 0 Å². The van der Waals surface area contributed by atoms with Crippen molar-refractivity contribution in [2.75, 3.05) is 18.5 Å². The number of sulfonamides is 1. The van der Waals surface area contributed by atoms with Crippen LogP contribution in [0.5, 0.6) is 5.75 Å². The summed E-state index contributed by atoms with van der Waals surface area (Å²) >= 11 is 0. The fraction of sp³-hybridized carbons (Fsp3) is 0.231. The minimum Gasteiger partial charge on any atom is -0.484 e. The van der Waals surface area contributed by atoms with Gasteiger partial charge in [-0.15, -0.1) is 0 Å². The average molecular weight is 497 g/mol. The normalized spacial score (nSPS) is 11.9. The molecule has 3 aromatic carbocycles. The van der Waals surface area contributed by atoms with Gasteiger partial charge in [-0.25, -0.2) is 13.1 Å². The van der Waals surface area contributed by atoms with Crippen LogP contribution >= 0.6 is 0 Å². The number of amides is 1. The van der Waals surface area contributed by atoms with Crippen LogP contribution in [0.4, 0.5) is 5.69 Å². The third-order valence-corrected chi connectivity index (χ3v) is 6.58. The second-order valence-corrected chi connectivity index (χ2v) is 9.45. The molecule has 8 nitrogen and oxygen atoms in total. The predicted octanol–water partition coefficient (Wildman–Crippen LogP) is 3.85. The second kappa shape index (κ2) is 12.1. The molecule has 184 valence electrons. The van der Waals surface area contributed by atoms with Gasteiger partial charge in [0, 0.05) is 11.7 Å². The minimum atomic E-state index is -3.72. The molecule has 0 saturated carbocycles. The summed E-state index contributed by atoms with van der Waals surface area (Å²) in [6.07, 6.45) is 0.164. The molecule has 35 heavy (non-hydrogen) atoms. The van der Waals surface area contributed by atoms with Crippen molar-refractivity contribution < 1.29 is 27.5 Å². The Morgan fingerprint density at radius 1 is 0.914 bits per heavy atom. The number of ether oxygens (including phenoxy) is 2. The first-order chi connectivity index (χ1) is 16.8. The summed E-state index contributed by atoms with van der Waals surface area (Å²) in [5.74, 6) is -0.323. The van der Waals surface area contributed by atoms with E-state index in [9.17, 15) is 18.0 Å². The molecule has 2 N–H and O–H groups in total. The fourth-order valence-electron chi connectivity index (χ4n) is 3.26. The predicted molar refractivity (Wildman–Crippen MR) is 133 cm³/mol. The van der Waals surface area contributed by atoms with Gasteiger partial charge in [0.25, 0.3) is 5.91 Å². The summed E-state index contributed by atoms with van der Waals surface area (Å²) in [6.45, 7) is 3.60. The van der Waals surface area contributed by atoms with Crippen LogP contribution in [0, 0.1) is 0 Å². The molecule has 0 unspecified atom stereocenters. The lowest BCUT2D eigenvalue weighted by molar-refractivity contribution is -0.142. The number of hydrogen-bond donors (Lipinski definition) is 2. The van der Waals surface area contributed by atoms with Crippen LogP contribution in [-0.2, 0) is 30.8 Å². The van der Waals surface area contributed by atoms with E-state index in [1.807, 2.05) is 30.3 Å². The molecule has 0 heterocycles. The highest BCUT2D eigenvalue weighted by Gasteiger charge is 2.18. The van der Waals surface area contributed by atoms with E-state index in [4.69, 9.17) is 9.47 Å². The molecule has 1 amide bonds. The van der Waals surface area contributed by atoms with Crippen LogP contribution in [0.3, 0.4) is 0 Å². The summed E-state index contributed by atoms with van der Waals surface area (Å²) in [4.78, 5) is 23.8. The second-order valence-electron chi connectivity index (χ2n) is 7.74. The first-order valence-corrected chi connectivity index (χ1v) is 12.6. The number of rotatable bonds is 11. The quantitative estimate of drug-likeness (QED) is 0.390. The molecule has 0 spiro atoms. The maximum Gasteiger partial charge on any atom is 0.310 e. The highest BCUT2D eigenvalue weighted by Crippen LogP contribution is 2.19. The van der Waals surface area contributed by atoms with Crippen LogP contribution in [0.2, 0.25) is 0 Å². The molecule has 0 fully saturated rings. The molecular weight excluding hydrogens is 468 g/mol. The van der Waals surface area contributed by atoms with Gasteiger partial charge < -0.3 is 14.8 Å². The molecule has 9 heteroatoms. The van der Waals surface area contributed by atoms with Crippen molar-refractivity contribution in [3.63, 3.8) is 0 Å². The van der Waals surface area contributed by atoms with Gasteiger partial charge in [0.15, 0.2) is 6.61 Å². The van der Waals surface area contributed by atoms with Crippen molar-refractivity contribution >= 4 is 27.6 Å². The maximum absolute atomic E-state index is 12.7. The lowest BCUT2D eigenvalue weighted by Crippen LogP contribution is -2.26. The number of benzene rings is 3. The van der Waals surface area contributed by atoms with Crippen molar-refractivity contribution in [1.82, 2.24) is 4.72 Å². The zero-order valence-electron chi connectivity index (χ0n) is 19.6. The average Bonchev–Trinajstić information content (AvgIpc) is 2.85. The highest BCUT2D eigenvalue weighted by molar-refractivity contribution is 7.89. The summed E-state index contributed by atoms with van der Waals surface area (Å²) in [5.41, 5.74) is 2.20.